The summed E-state index contributed by atoms with van der Waals surface area (Å²) in [5.41, 5.74) is 0.767. The summed E-state index contributed by atoms with van der Waals surface area (Å²) in [5.74, 6) is 1.63. The van der Waals surface area contributed by atoms with Crippen LogP contribution in [0.25, 0.3) is 0 Å². The van der Waals surface area contributed by atoms with Gasteiger partial charge in [-0.25, -0.2) is 0 Å². The van der Waals surface area contributed by atoms with E-state index in [4.69, 9.17) is 14.2 Å². The number of hydrogen-bond donors (Lipinski definition) is 3. The lowest BCUT2D eigenvalue weighted by molar-refractivity contribution is -0.120. The Morgan fingerprint density at radius 3 is 2.62 bits per heavy atom. The second-order valence-corrected chi connectivity index (χ2v) is 4.69. The zero-order valence-corrected chi connectivity index (χ0v) is 14.6. The highest BCUT2D eigenvalue weighted by Crippen LogP contribution is 2.30. The molecule has 0 saturated heterocycles. The molecule has 0 spiro atoms. The number of methoxy groups -OCH3 is 2. The minimum absolute atomic E-state index is 0.109. The summed E-state index contributed by atoms with van der Waals surface area (Å²) in [4.78, 5) is 15.7. The monoisotopic (exact) mass is 338 g/mol. The van der Waals surface area contributed by atoms with E-state index in [1.54, 1.807) is 27.3 Å². The second kappa shape index (κ2) is 11.1. The van der Waals surface area contributed by atoms with Crippen LogP contribution in [0.5, 0.6) is 11.5 Å². The van der Waals surface area contributed by atoms with Crippen molar-refractivity contribution < 1.29 is 19.0 Å². The number of nitrogens with one attached hydrogen (secondary N) is 3. The van der Waals surface area contributed by atoms with Crippen molar-refractivity contribution in [2.75, 3.05) is 52.9 Å². The summed E-state index contributed by atoms with van der Waals surface area (Å²) < 4.78 is 15.7. The molecule has 0 saturated carbocycles. The first-order valence-corrected chi connectivity index (χ1v) is 7.68. The van der Waals surface area contributed by atoms with Crippen molar-refractivity contribution in [3.05, 3.63) is 18.2 Å². The zero-order valence-electron chi connectivity index (χ0n) is 14.6. The van der Waals surface area contributed by atoms with Gasteiger partial charge in [0.15, 0.2) is 17.5 Å². The van der Waals surface area contributed by atoms with Gasteiger partial charge in [-0.05, 0) is 19.1 Å². The first kappa shape index (κ1) is 19.6. The Bertz CT molecular complexity index is 549. The van der Waals surface area contributed by atoms with Crippen molar-refractivity contribution in [3.8, 4) is 11.5 Å². The van der Waals surface area contributed by atoms with Crippen LogP contribution in [0, 0.1) is 0 Å². The van der Waals surface area contributed by atoms with Crippen LogP contribution < -0.4 is 25.4 Å². The average Bonchev–Trinajstić information content (AvgIpc) is 2.60. The van der Waals surface area contributed by atoms with Gasteiger partial charge in [0, 0.05) is 32.5 Å². The van der Waals surface area contributed by atoms with Crippen molar-refractivity contribution >= 4 is 17.6 Å². The molecule has 0 unspecified atom stereocenters. The van der Waals surface area contributed by atoms with E-state index in [1.165, 1.54) is 0 Å². The maximum absolute atomic E-state index is 11.7. The number of benzene rings is 1. The molecule has 0 heterocycles. The van der Waals surface area contributed by atoms with Crippen LogP contribution in [0.4, 0.5) is 5.69 Å². The van der Waals surface area contributed by atoms with Gasteiger partial charge < -0.3 is 30.2 Å². The number of nitrogens with zero attached hydrogens (tertiary/aromatic N) is 1. The molecule has 1 aromatic rings. The Morgan fingerprint density at radius 2 is 2.00 bits per heavy atom. The van der Waals surface area contributed by atoms with E-state index in [0.29, 0.717) is 37.2 Å². The maximum atomic E-state index is 11.7. The Labute approximate surface area is 142 Å². The summed E-state index contributed by atoms with van der Waals surface area (Å²) in [6.07, 6.45) is 0. The first-order chi connectivity index (χ1) is 11.6. The molecule has 8 nitrogen and oxygen atoms in total. The fraction of sp³-hybridized carbons (Fsp3) is 0.500. The van der Waals surface area contributed by atoms with Gasteiger partial charge in [-0.2, -0.15) is 0 Å². The molecule has 0 aliphatic heterocycles. The van der Waals surface area contributed by atoms with Crippen LogP contribution in [-0.2, 0) is 9.53 Å². The van der Waals surface area contributed by atoms with E-state index in [9.17, 15) is 4.79 Å². The molecular weight excluding hydrogens is 312 g/mol. The zero-order chi connectivity index (χ0) is 17.8. The Hall–Kier alpha value is -2.48. The Morgan fingerprint density at radius 1 is 1.21 bits per heavy atom. The van der Waals surface area contributed by atoms with Crippen LogP contribution >= 0.6 is 0 Å². The molecule has 0 atom stereocenters. The van der Waals surface area contributed by atoms with Crippen molar-refractivity contribution in [3.63, 3.8) is 0 Å². The van der Waals surface area contributed by atoms with Gasteiger partial charge in [0.1, 0.15) is 0 Å². The number of anilines is 1. The van der Waals surface area contributed by atoms with Crippen LogP contribution in [0.1, 0.15) is 6.92 Å². The second-order valence-electron chi connectivity index (χ2n) is 4.69. The predicted molar refractivity (Wildman–Crippen MR) is 94.0 cm³/mol. The van der Waals surface area contributed by atoms with Crippen molar-refractivity contribution in [1.29, 1.82) is 0 Å². The predicted octanol–water partition coefficient (Wildman–Crippen LogP) is 0.844. The molecule has 0 aliphatic rings. The molecule has 0 aromatic heterocycles. The summed E-state index contributed by atoms with van der Waals surface area (Å²) in [6, 6.07) is 5.46. The molecule has 0 radical (unpaired) electrons. The molecule has 0 bridgehead atoms. The van der Waals surface area contributed by atoms with Crippen LogP contribution in [0.2, 0.25) is 0 Å². The van der Waals surface area contributed by atoms with E-state index < -0.39 is 0 Å². The molecule has 1 rings (SSSR count). The topological polar surface area (TPSA) is 93.2 Å². The molecule has 0 aliphatic carbocycles. The summed E-state index contributed by atoms with van der Waals surface area (Å²) in [7, 11) is 4.80. The lowest BCUT2D eigenvalue weighted by atomic mass is 10.2. The van der Waals surface area contributed by atoms with Crippen molar-refractivity contribution in [2.45, 2.75) is 6.92 Å². The minimum atomic E-state index is -0.140. The highest BCUT2D eigenvalue weighted by Gasteiger charge is 2.08. The lowest BCUT2D eigenvalue weighted by Gasteiger charge is -2.14. The van der Waals surface area contributed by atoms with Gasteiger partial charge in [0.05, 0.1) is 26.9 Å². The van der Waals surface area contributed by atoms with E-state index in [2.05, 4.69) is 20.9 Å². The van der Waals surface area contributed by atoms with E-state index in [1.807, 2.05) is 19.1 Å². The third kappa shape index (κ3) is 6.74. The van der Waals surface area contributed by atoms with Gasteiger partial charge in [-0.15, -0.1) is 0 Å². The molecule has 3 N–H and O–H groups in total. The van der Waals surface area contributed by atoms with Crippen LogP contribution in [-0.4, -0.2) is 59.4 Å². The highest BCUT2D eigenvalue weighted by atomic mass is 16.5. The van der Waals surface area contributed by atoms with Gasteiger partial charge in [-0.3, -0.25) is 9.79 Å². The number of carbonyl (C=O) groups excluding carboxylic acids is 1. The fourth-order valence-electron chi connectivity index (χ4n) is 1.85. The number of ether oxygens (including phenoxy) is 3. The molecule has 24 heavy (non-hydrogen) atoms. The normalized spacial score (nSPS) is 10.9. The van der Waals surface area contributed by atoms with Crippen molar-refractivity contribution in [2.24, 2.45) is 4.99 Å². The SMILES string of the molecule is CCOc1ccc(NC(=NC)NCC(=O)NCCOC)cc1OC. The van der Waals surface area contributed by atoms with Gasteiger partial charge in [0.25, 0.3) is 0 Å². The number of aliphatic imine (C=N–C) groups is 1. The highest BCUT2D eigenvalue weighted by molar-refractivity contribution is 5.96. The Balaban J connectivity index is 2.57. The lowest BCUT2D eigenvalue weighted by Crippen LogP contribution is -2.40. The number of hydrogen-bond acceptors (Lipinski definition) is 5. The third-order valence-corrected chi connectivity index (χ3v) is 2.99. The maximum Gasteiger partial charge on any atom is 0.239 e. The van der Waals surface area contributed by atoms with E-state index in [0.717, 1.165) is 5.69 Å². The van der Waals surface area contributed by atoms with Gasteiger partial charge >= 0.3 is 0 Å². The summed E-state index contributed by atoms with van der Waals surface area (Å²) >= 11 is 0. The molecule has 134 valence electrons. The van der Waals surface area contributed by atoms with Crippen molar-refractivity contribution in [1.82, 2.24) is 10.6 Å². The third-order valence-electron chi connectivity index (χ3n) is 2.99. The summed E-state index contributed by atoms with van der Waals surface area (Å²) in [5, 5.41) is 8.75. The fourth-order valence-corrected chi connectivity index (χ4v) is 1.85. The smallest absolute Gasteiger partial charge is 0.239 e. The standard InChI is InChI=1S/C16H26N4O4/c1-5-24-13-7-6-12(10-14(13)23-4)20-16(17-2)19-11-15(21)18-8-9-22-3/h6-7,10H,5,8-9,11H2,1-4H3,(H,18,21)(H2,17,19,20). The minimum Gasteiger partial charge on any atom is -0.493 e. The number of carbonyl (C=O) groups is 1. The average molecular weight is 338 g/mol. The number of amides is 1. The van der Waals surface area contributed by atoms with Crippen LogP contribution in [0.15, 0.2) is 23.2 Å². The van der Waals surface area contributed by atoms with Gasteiger partial charge in [0.2, 0.25) is 5.91 Å². The largest absolute Gasteiger partial charge is 0.493 e. The number of guanidine groups is 1. The molecule has 0 fully saturated rings. The van der Waals surface area contributed by atoms with Gasteiger partial charge in [-0.1, -0.05) is 0 Å². The quantitative estimate of drug-likeness (QED) is 0.351. The van der Waals surface area contributed by atoms with E-state index in [-0.39, 0.29) is 12.5 Å². The molecule has 8 heteroatoms. The first-order valence-electron chi connectivity index (χ1n) is 7.68. The van der Waals surface area contributed by atoms with E-state index >= 15 is 0 Å². The van der Waals surface area contributed by atoms with Crippen LogP contribution in [0.3, 0.4) is 0 Å². The Kier molecular flexibility index (Phi) is 9.06. The number of rotatable bonds is 9. The summed E-state index contributed by atoms with van der Waals surface area (Å²) in [6.45, 7) is 3.53. The molecule has 1 amide bonds. The molecule has 1 aromatic carbocycles. The molecular formula is C16H26N4O4.